The van der Waals surface area contributed by atoms with Crippen LogP contribution >= 0.6 is 24.0 Å². The highest BCUT2D eigenvalue weighted by Gasteiger charge is 2.23. The lowest BCUT2D eigenvalue weighted by Gasteiger charge is -2.20. The average Bonchev–Trinajstić information content (AvgIpc) is 3.20. The molecule has 8 heteroatoms. The standard InChI is InChI=1S/C23H31N5O2.HI/c1-3-24-23(27-20-12-14-28(17-20)21-9-5-4-6-10-21)25-13-15-30-22-11-7-8-19(16-22)26-18(2)29;/h4-11,16,20H,3,12-15,17H2,1-2H3,(H,26,29)(H2,24,25,27);1H. The van der Waals surface area contributed by atoms with Crippen LogP contribution < -0.4 is 25.6 Å². The number of para-hydroxylation sites is 1. The van der Waals surface area contributed by atoms with Gasteiger partial charge in [0.05, 0.1) is 6.54 Å². The second kappa shape index (κ2) is 13.0. The Morgan fingerprint density at radius 3 is 2.74 bits per heavy atom. The van der Waals surface area contributed by atoms with Crippen LogP contribution in [-0.4, -0.2) is 50.7 Å². The molecule has 0 radical (unpaired) electrons. The fraction of sp³-hybridized carbons (Fsp3) is 0.391. The zero-order chi connectivity index (χ0) is 21.2. The number of carbonyl (C=O) groups excluding carboxylic acids is 1. The molecule has 3 N–H and O–H groups in total. The number of nitrogens with zero attached hydrogens (tertiary/aromatic N) is 2. The van der Waals surface area contributed by atoms with E-state index in [9.17, 15) is 4.79 Å². The van der Waals surface area contributed by atoms with Crippen LogP contribution in [-0.2, 0) is 4.79 Å². The van der Waals surface area contributed by atoms with Gasteiger partial charge in [0.15, 0.2) is 5.96 Å². The largest absolute Gasteiger partial charge is 0.492 e. The predicted molar refractivity (Wildman–Crippen MR) is 138 cm³/mol. The number of aliphatic imine (C=N–C) groups is 1. The van der Waals surface area contributed by atoms with E-state index in [1.807, 2.05) is 30.3 Å². The lowest BCUT2D eigenvalue weighted by atomic mass is 10.3. The molecule has 31 heavy (non-hydrogen) atoms. The van der Waals surface area contributed by atoms with Gasteiger partial charge in [0.2, 0.25) is 5.91 Å². The average molecular weight is 537 g/mol. The third-order valence-corrected chi connectivity index (χ3v) is 4.78. The van der Waals surface area contributed by atoms with Gasteiger partial charge in [-0.05, 0) is 37.6 Å². The van der Waals surface area contributed by atoms with E-state index < -0.39 is 0 Å². The van der Waals surface area contributed by atoms with Gasteiger partial charge in [0.1, 0.15) is 12.4 Å². The van der Waals surface area contributed by atoms with Gasteiger partial charge in [-0.15, -0.1) is 24.0 Å². The molecule has 1 saturated heterocycles. The summed E-state index contributed by atoms with van der Waals surface area (Å²) in [7, 11) is 0. The van der Waals surface area contributed by atoms with E-state index in [1.54, 1.807) is 0 Å². The van der Waals surface area contributed by atoms with Crippen molar-refractivity contribution >= 4 is 47.2 Å². The molecule has 1 aliphatic rings. The van der Waals surface area contributed by atoms with Crippen molar-refractivity contribution in [2.45, 2.75) is 26.3 Å². The molecular weight excluding hydrogens is 505 g/mol. The smallest absolute Gasteiger partial charge is 0.221 e. The first-order valence-electron chi connectivity index (χ1n) is 10.5. The van der Waals surface area contributed by atoms with Crippen molar-refractivity contribution in [3.63, 3.8) is 0 Å². The third kappa shape index (κ3) is 8.28. The number of hydrogen-bond donors (Lipinski definition) is 3. The normalized spacial score (nSPS) is 15.7. The molecule has 7 nitrogen and oxygen atoms in total. The zero-order valence-corrected chi connectivity index (χ0v) is 20.5. The minimum Gasteiger partial charge on any atom is -0.492 e. The summed E-state index contributed by atoms with van der Waals surface area (Å²) in [5, 5.41) is 9.61. The summed E-state index contributed by atoms with van der Waals surface area (Å²) in [5.74, 6) is 1.42. The molecule has 0 spiro atoms. The topological polar surface area (TPSA) is 78.0 Å². The van der Waals surface area contributed by atoms with E-state index in [0.29, 0.717) is 24.9 Å². The fourth-order valence-electron chi connectivity index (χ4n) is 3.45. The molecule has 1 unspecified atom stereocenters. The number of rotatable bonds is 8. The van der Waals surface area contributed by atoms with E-state index in [0.717, 1.165) is 37.7 Å². The van der Waals surface area contributed by atoms with Crippen LogP contribution in [0.4, 0.5) is 11.4 Å². The van der Waals surface area contributed by atoms with Crippen LogP contribution in [0.3, 0.4) is 0 Å². The van der Waals surface area contributed by atoms with Crippen molar-refractivity contribution in [3.8, 4) is 5.75 Å². The highest BCUT2D eigenvalue weighted by Crippen LogP contribution is 2.20. The molecule has 2 aromatic rings. The van der Waals surface area contributed by atoms with Gasteiger partial charge in [-0.1, -0.05) is 24.3 Å². The second-order valence-electron chi connectivity index (χ2n) is 7.23. The number of ether oxygens (including phenoxy) is 1. The van der Waals surface area contributed by atoms with Crippen molar-refractivity contribution in [3.05, 3.63) is 54.6 Å². The van der Waals surface area contributed by atoms with Gasteiger partial charge in [-0.3, -0.25) is 4.79 Å². The molecule has 2 aromatic carbocycles. The van der Waals surface area contributed by atoms with Crippen LogP contribution in [0.2, 0.25) is 0 Å². The van der Waals surface area contributed by atoms with Crippen molar-refractivity contribution in [1.82, 2.24) is 10.6 Å². The molecule has 1 atom stereocenters. The Morgan fingerprint density at radius 2 is 2.00 bits per heavy atom. The molecule has 1 aliphatic heterocycles. The Morgan fingerprint density at radius 1 is 1.19 bits per heavy atom. The highest BCUT2D eigenvalue weighted by atomic mass is 127. The molecule has 0 saturated carbocycles. The zero-order valence-electron chi connectivity index (χ0n) is 18.1. The van der Waals surface area contributed by atoms with Crippen LogP contribution in [0.15, 0.2) is 59.6 Å². The summed E-state index contributed by atoms with van der Waals surface area (Å²) in [4.78, 5) is 18.2. The molecular formula is C23H32IN5O2. The Balaban J connectivity index is 0.00000341. The van der Waals surface area contributed by atoms with E-state index in [4.69, 9.17) is 4.74 Å². The maximum Gasteiger partial charge on any atom is 0.221 e. The van der Waals surface area contributed by atoms with Crippen molar-refractivity contribution in [2.75, 3.05) is 43.0 Å². The quantitative estimate of drug-likeness (QED) is 0.208. The number of anilines is 2. The molecule has 1 amide bonds. The Kier molecular flexibility index (Phi) is 10.4. The van der Waals surface area contributed by atoms with Crippen LogP contribution in [0, 0.1) is 0 Å². The van der Waals surface area contributed by atoms with Gasteiger partial charge >= 0.3 is 0 Å². The van der Waals surface area contributed by atoms with Crippen LogP contribution in [0.5, 0.6) is 5.75 Å². The number of benzene rings is 2. The van der Waals surface area contributed by atoms with Crippen molar-refractivity contribution in [1.29, 1.82) is 0 Å². The number of carbonyl (C=O) groups is 1. The first kappa shape index (κ1) is 24.8. The van der Waals surface area contributed by atoms with Crippen molar-refractivity contribution in [2.24, 2.45) is 4.99 Å². The van der Waals surface area contributed by atoms with E-state index >= 15 is 0 Å². The molecule has 0 bridgehead atoms. The van der Waals surface area contributed by atoms with Gasteiger partial charge < -0.3 is 25.6 Å². The molecule has 168 valence electrons. The first-order valence-corrected chi connectivity index (χ1v) is 10.5. The van der Waals surface area contributed by atoms with E-state index in [-0.39, 0.29) is 29.9 Å². The summed E-state index contributed by atoms with van der Waals surface area (Å²) in [6.07, 6.45) is 1.08. The Bertz CT molecular complexity index is 847. The lowest BCUT2D eigenvalue weighted by Crippen LogP contribution is -2.44. The number of amides is 1. The fourth-order valence-corrected chi connectivity index (χ4v) is 3.45. The number of hydrogen-bond acceptors (Lipinski definition) is 4. The number of guanidine groups is 1. The minimum absolute atomic E-state index is 0. The van der Waals surface area contributed by atoms with Gasteiger partial charge in [-0.25, -0.2) is 4.99 Å². The maximum absolute atomic E-state index is 11.2. The molecule has 0 aliphatic carbocycles. The van der Waals surface area contributed by atoms with Crippen molar-refractivity contribution < 1.29 is 9.53 Å². The molecule has 1 fully saturated rings. The summed E-state index contributed by atoms with van der Waals surface area (Å²) in [6.45, 7) is 7.35. The summed E-state index contributed by atoms with van der Waals surface area (Å²) in [5.41, 5.74) is 1.99. The van der Waals surface area contributed by atoms with Gasteiger partial charge in [0.25, 0.3) is 0 Å². The maximum atomic E-state index is 11.2. The summed E-state index contributed by atoms with van der Waals surface area (Å²) >= 11 is 0. The monoisotopic (exact) mass is 537 g/mol. The van der Waals surface area contributed by atoms with Gasteiger partial charge in [0, 0.05) is 50.0 Å². The third-order valence-electron chi connectivity index (χ3n) is 4.78. The van der Waals surface area contributed by atoms with E-state index in [2.05, 4.69) is 57.0 Å². The van der Waals surface area contributed by atoms with Gasteiger partial charge in [-0.2, -0.15) is 0 Å². The minimum atomic E-state index is -0.101. The second-order valence-corrected chi connectivity index (χ2v) is 7.23. The highest BCUT2D eigenvalue weighted by molar-refractivity contribution is 14.0. The lowest BCUT2D eigenvalue weighted by molar-refractivity contribution is -0.114. The Labute approximate surface area is 201 Å². The number of halogens is 1. The SMILES string of the molecule is CCNC(=NCCOc1cccc(NC(C)=O)c1)NC1CCN(c2ccccc2)C1.I. The van der Waals surface area contributed by atoms with E-state index in [1.165, 1.54) is 12.6 Å². The molecule has 0 aromatic heterocycles. The molecule has 1 heterocycles. The summed E-state index contributed by atoms with van der Waals surface area (Å²) < 4.78 is 5.78. The summed E-state index contributed by atoms with van der Waals surface area (Å²) in [6, 6.07) is 18.2. The van der Waals surface area contributed by atoms with Crippen LogP contribution in [0.25, 0.3) is 0 Å². The molecule has 3 rings (SSSR count). The van der Waals surface area contributed by atoms with Crippen LogP contribution in [0.1, 0.15) is 20.3 Å². The number of nitrogens with one attached hydrogen (secondary N) is 3. The Hall–Kier alpha value is -2.49. The first-order chi connectivity index (χ1) is 14.6. The predicted octanol–water partition coefficient (Wildman–Crippen LogP) is 3.48.